The van der Waals surface area contributed by atoms with E-state index in [-0.39, 0.29) is 0 Å². The molecule has 0 saturated heterocycles. The van der Waals surface area contributed by atoms with E-state index in [1.165, 1.54) is 20.2 Å². The Kier molecular flexibility index (Phi) is 4.26. The SMILES string of the molecule is CC1CC=CCC1/C=N/N=C/c1cccc2c1sc1ccccc12. The van der Waals surface area contributed by atoms with E-state index in [0.717, 1.165) is 18.4 Å². The van der Waals surface area contributed by atoms with Crippen LogP contribution in [-0.4, -0.2) is 12.4 Å². The Morgan fingerprint density at radius 2 is 1.79 bits per heavy atom. The Bertz CT molecular complexity index is 949. The van der Waals surface area contributed by atoms with Crippen molar-refractivity contribution in [3.05, 3.63) is 60.2 Å². The lowest BCUT2D eigenvalue weighted by Crippen LogP contribution is -2.14. The van der Waals surface area contributed by atoms with E-state index in [4.69, 9.17) is 0 Å². The maximum Gasteiger partial charge on any atom is 0.0582 e. The fourth-order valence-electron chi connectivity index (χ4n) is 3.27. The highest BCUT2D eigenvalue weighted by atomic mass is 32.1. The van der Waals surface area contributed by atoms with E-state index in [1.54, 1.807) is 0 Å². The molecule has 1 aliphatic rings. The quantitative estimate of drug-likeness (QED) is 0.316. The lowest BCUT2D eigenvalue weighted by atomic mass is 9.85. The summed E-state index contributed by atoms with van der Waals surface area (Å²) in [5.41, 5.74) is 1.14. The normalized spacial score (nSPS) is 21.5. The summed E-state index contributed by atoms with van der Waals surface area (Å²) in [5, 5.41) is 11.3. The summed E-state index contributed by atoms with van der Waals surface area (Å²) in [4.78, 5) is 0. The van der Waals surface area contributed by atoms with E-state index in [9.17, 15) is 0 Å². The molecule has 0 amide bonds. The second kappa shape index (κ2) is 6.70. The highest BCUT2D eigenvalue weighted by Gasteiger charge is 2.15. The summed E-state index contributed by atoms with van der Waals surface area (Å²) in [7, 11) is 0. The fraction of sp³-hybridized carbons (Fsp3) is 0.238. The molecule has 1 heterocycles. The molecule has 2 aromatic carbocycles. The van der Waals surface area contributed by atoms with Gasteiger partial charge in [0.1, 0.15) is 0 Å². The van der Waals surface area contributed by atoms with Gasteiger partial charge in [-0.2, -0.15) is 10.2 Å². The second-order valence-electron chi connectivity index (χ2n) is 6.42. The Balaban J connectivity index is 1.61. The molecule has 0 radical (unpaired) electrons. The van der Waals surface area contributed by atoms with E-state index in [2.05, 4.69) is 71.7 Å². The minimum atomic E-state index is 0.507. The van der Waals surface area contributed by atoms with Crippen LogP contribution in [0.3, 0.4) is 0 Å². The molecule has 0 N–H and O–H groups in total. The van der Waals surface area contributed by atoms with Crippen molar-refractivity contribution in [3.8, 4) is 0 Å². The molecule has 1 aliphatic carbocycles. The summed E-state index contributed by atoms with van der Waals surface area (Å²) >= 11 is 1.82. The molecule has 24 heavy (non-hydrogen) atoms. The lowest BCUT2D eigenvalue weighted by molar-refractivity contribution is 0.451. The minimum Gasteiger partial charge on any atom is -0.163 e. The van der Waals surface area contributed by atoms with Gasteiger partial charge in [0.05, 0.1) is 6.21 Å². The molecular weight excluding hydrogens is 312 g/mol. The van der Waals surface area contributed by atoms with E-state index < -0.39 is 0 Å². The van der Waals surface area contributed by atoms with Crippen LogP contribution in [0.5, 0.6) is 0 Å². The van der Waals surface area contributed by atoms with Crippen LogP contribution >= 0.6 is 11.3 Å². The zero-order valence-corrected chi connectivity index (χ0v) is 14.5. The molecule has 0 spiro atoms. The third-order valence-corrected chi connectivity index (χ3v) is 6.01. The first-order chi connectivity index (χ1) is 11.8. The van der Waals surface area contributed by atoms with Crippen molar-refractivity contribution in [2.75, 3.05) is 0 Å². The summed E-state index contributed by atoms with van der Waals surface area (Å²) in [5.74, 6) is 1.16. The summed E-state index contributed by atoms with van der Waals surface area (Å²) in [6.45, 7) is 2.28. The first-order valence-electron chi connectivity index (χ1n) is 8.45. The fourth-order valence-corrected chi connectivity index (χ4v) is 4.45. The summed E-state index contributed by atoms with van der Waals surface area (Å²) in [6.07, 6.45) is 10.6. The van der Waals surface area contributed by atoms with Gasteiger partial charge < -0.3 is 0 Å². The number of thiophene rings is 1. The Hall–Kier alpha value is -2.26. The van der Waals surface area contributed by atoms with Crippen LogP contribution in [0.1, 0.15) is 25.3 Å². The predicted molar refractivity (Wildman–Crippen MR) is 106 cm³/mol. The summed E-state index contributed by atoms with van der Waals surface area (Å²) in [6, 6.07) is 14.9. The van der Waals surface area contributed by atoms with Gasteiger partial charge in [0.25, 0.3) is 0 Å². The Morgan fingerprint density at radius 3 is 2.71 bits per heavy atom. The Labute approximate surface area is 146 Å². The van der Waals surface area contributed by atoms with Gasteiger partial charge in [-0.3, -0.25) is 0 Å². The van der Waals surface area contributed by atoms with Gasteiger partial charge in [-0.05, 0) is 24.8 Å². The molecule has 2 unspecified atom stereocenters. The third-order valence-electron chi connectivity index (χ3n) is 4.77. The van der Waals surface area contributed by atoms with E-state index in [0.29, 0.717) is 11.8 Å². The molecule has 0 bridgehead atoms. The van der Waals surface area contributed by atoms with Crippen molar-refractivity contribution >= 4 is 43.9 Å². The highest BCUT2D eigenvalue weighted by Crippen LogP contribution is 2.35. The highest BCUT2D eigenvalue weighted by molar-refractivity contribution is 7.26. The van der Waals surface area contributed by atoms with Crippen molar-refractivity contribution in [1.29, 1.82) is 0 Å². The average Bonchev–Trinajstić information content (AvgIpc) is 3.00. The number of hydrogen-bond acceptors (Lipinski definition) is 3. The van der Waals surface area contributed by atoms with Crippen molar-refractivity contribution in [1.82, 2.24) is 0 Å². The van der Waals surface area contributed by atoms with Gasteiger partial charge in [-0.15, -0.1) is 11.3 Å². The topological polar surface area (TPSA) is 24.7 Å². The second-order valence-corrected chi connectivity index (χ2v) is 7.47. The molecule has 120 valence electrons. The average molecular weight is 332 g/mol. The molecule has 0 saturated carbocycles. The van der Waals surface area contributed by atoms with Crippen molar-refractivity contribution in [2.45, 2.75) is 19.8 Å². The zero-order chi connectivity index (χ0) is 16.4. The molecular formula is C21H20N2S. The lowest BCUT2D eigenvalue weighted by Gasteiger charge is -2.20. The maximum absolute atomic E-state index is 4.32. The van der Waals surface area contributed by atoms with Crippen molar-refractivity contribution in [2.24, 2.45) is 22.0 Å². The molecule has 1 aromatic heterocycles. The predicted octanol–water partition coefficient (Wildman–Crippen LogP) is 6.06. The van der Waals surface area contributed by atoms with Gasteiger partial charge in [-0.1, -0.05) is 55.5 Å². The van der Waals surface area contributed by atoms with Gasteiger partial charge in [0, 0.05) is 37.9 Å². The number of nitrogens with zero attached hydrogens (tertiary/aromatic N) is 2. The van der Waals surface area contributed by atoms with Crippen molar-refractivity contribution in [3.63, 3.8) is 0 Å². The van der Waals surface area contributed by atoms with Crippen LogP contribution in [0.4, 0.5) is 0 Å². The molecule has 0 aliphatic heterocycles. The minimum absolute atomic E-state index is 0.507. The Morgan fingerprint density at radius 1 is 0.958 bits per heavy atom. The van der Waals surface area contributed by atoms with Crippen LogP contribution in [0.15, 0.2) is 64.8 Å². The number of benzene rings is 2. The first kappa shape index (κ1) is 15.3. The van der Waals surface area contributed by atoms with Gasteiger partial charge in [0.15, 0.2) is 0 Å². The smallest absolute Gasteiger partial charge is 0.0582 e. The van der Waals surface area contributed by atoms with Gasteiger partial charge in [-0.25, -0.2) is 0 Å². The molecule has 3 heteroatoms. The largest absolute Gasteiger partial charge is 0.163 e. The van der Waals surface area contributed by atoms with Gasteiger partial charge in [0.2, 0.25) is 0 Å². The number of hydrogen-bond donors (Lipinski definition) is 0. The van der Waals surface area contributed by atoms with Crippen LogP contribution < -0.4 is 0 Å². The molecule has 2 nitrogen and oxygen atoms in total. The van der Waals surface area contributed by atoms with E-state index >= 15 is 0 Å². The van der Waals surface area contributed by atoms with Crippen LogP contribution in [-0.2, 0) is 0 Å². The number of allylic oxidation sites excluding steroid dienone is 2. The monoisotopic (exact) mass is 332 g/mol. The standard InChI is InChI=1S/C21H20N2S/c1-15-7-2-3-8-16(15)13-22-23-14-17-9-6-11-19-18-10-4-5-12-20(18)24-21(17)19/h2-6,9-16H,7-8H2,1H3/b22-13+,23-14+. The molecule has 0 fully saturated rings. The number of rotatable bonds is 3. The molecule has 3 aromatic rings. The summed E-state index contributed by atoms with van der Waals surface area (Å²) < 4.78 is 2.60. The van der Waals surface area contributed by atoms with E-state index in [1.807, 2.05) is 23.8 Å². The maximum atomic E-state index is 4.32. The van der Waals surface area contributed by atoms with Crippen molar-refractivity contribution < 1.29 is 0 Å². The molecule has 2 atom stereocenters. The molecule has 4 rings (SSSR count). The van der Waals surface area contributed by atoms with Crippen LogP contribution in [0, 0.1) is 11.8 Å². The van der Waals surface area contributed by atoms with Crippen LogP contribution in [0.25, 0.3) is 20.2 Å². The zero-order valence-electron chi connectivity index (χ0n) is 13.7. The third kappa shape index (κ3) is 2.92. The van der Waals surface area contributed by atoms with Gasteiger partial charge >= 0.3 is 0 Å². The van der Waals surface area contributed by atoms with Crippen LogP contribution in [0.2, 0.25) is 0 Å². The first-order valence-corrected chi connectivity index (χ1v) is 9.26. The number of fused-ring (bicyclic) bond motifs is 3.